The first-order valence-electron chi connectivity index (χ1n) is 14.2. The number of nitrogens with one attached hydrogen (secondary N) is 2. The highest BCUT2D eigenvalue weighted by molar-refractivity contribution is 5.88. The van der Waals surface area contributed by atoms with Crippen LogP contribution in [0.5, 0.6) is 28.7 Å². The molecule has 0 aliphatic rings. The summed E-state index contributed by atoms with van der Waals surface area (Å²) in [6.07, 6.45) is 13.5. The summed E-state index contributed by atoms with van der Waals surface area (Å²) >= 11 is 0. The van der Waals surface area contributed by atoms with Crippen LogP contribution in [0, 0.1) is 6.92 Å². The molecule has 0 bridgehead atoms. The van der Waals surface area contributed by atoms with Gasteiger partial charge in [0.05, 0.1) is 35.5 Å². The number of benzene rings is 3. The Labute approximate surface area is 264 Å². The van der Waals surface area contributed by atoms with Gasteiger partial charge >= 0.3 is 0 Å². The molecule has 0 radical (unpaired) electrons. The first-order chi connectivity index (χ1) is 21.8. The Hall–Kier alpha value is -5.44. The molecule has 0 aliphatic heterocycles. The van der Waals surface area contributed by atoms with E-state index in [1.54, 1.807) is 59.9 Å². The van der Waals surface area contributed by atoms with E-state index >= 15 is 0 Å². The summed E-state index contributed by atoms with van der Waals surface area (Å²) in [6, 6.07) is 15.1. The molecule has 0 unspecified atom stereocenters. The Morgan fingerprint density at radius 2 is 0.956 bits per heavy atom. The van der Waals surface area contributed by atoms with E-state index in [1.807, 2.05) is 67.6 Å². The van der Waals surface area contributed by atoms with Crippen molar-refractivity contribution < 1.29 is 33.3 Å². The van der Waals surface area contributed by atoms with Crippen LogP contribution < -0.4 is 34.3 Å². The Morgan fingerprint density at radius 1 is 0.578 bits per heavy atom. The average Bonchev–Trinajstić information content (AvgIpc) is 3.07. The molecular weight excluding hydrogens is 572 g/mol. The van der Waals surface area contributed by atoms with Gasteiger partial charge in [-0.15, -0.1) is 0 Å². The van der Waals surface area contributed by atoms with Crippen molar-refractivity contribution in [3.05, 3.63) is 113 Å². The van der Waals surface area contributed by atoms with Crippen molar-refractivity contribution in [3.63, 3.8) is 0 Å². The van der Waals surface area contributed by atoms with Crippen LogP contribution in [0.3, 0.4) is 0 Å². The van der Waals surface area contributed by atoms with Crippen molar-refractivity contribution >= 4 is 24.0 Å². The first kappa shape index (κ1) is 34.1. The summed E-state index contributed by atoms with van der Waals surface area (Å²) in [5.74, 6) is 2.66. The predicted octanol–water partition coefficient (Wildman–Crippen LogP) is 5.81. The molecule has 0 aromatic heterocycles. The van der Waals surface area contributed by atoms with Gasteiger partial charge in [0.25, 0.3) is 0 Å². The number of methoxy groups -OCH3 is 5. The third-order valence-electron chi connectivity index (χ3n) is 6.71. The van der Waals surface area contributed by atoms with E-state index in [2.05, 4.69) is 10.6 Å². The van der Waals surface area contributed by atoms with Crippen LogP contribution in [0.2, 0.25) is 0 Å². The minimum Gasteiger partial charge on any atom is -0.496 e. The summed E-state index contributed by atoms with van der Waals surface area (Å²) in [5, 5.41) is 5.72. The second kappa shape index (κ2) is 17.6. The highest BCUT2D eigenvalue weighted by Gasteiger charge is 2.12. The molecule has 0 saturated heterocycles. The Balaban J connectivity index is 1.43. The van der Waals surface area contributed by atoms with Gasteiger partial charge in [-0.05, 0) is 53.4 Å². The third-order valence-corrected chi connectivity index (χ3v) is 6.71. The first-order valence-corrected chi connectivity index (χ1v) is 14.2. The third kappa shape index (κ3) is 10.4. The molecule has 0 saturated carbocycles. The maximum atomic E-state index is 12.3. The Bertz CT molecular complexity index is 1520. The van der Waals surface area contributed by atoms with Crippen molar-refractivity contribution in [1.82, 2.24) is 10.6 Å². The molecule has 0 heterocycles. The molecular formula is C36H40N2O7. The molecule has 2 amide bonds. The molecule has 3 rings (SSSR count). The number of amides is 2. The van der Waals surface area contributed by atoms with Gasteiger partial charge in [0, 0.05) is 30.8 Å². The minimum atomic E-state index is -0.220. The largest absolute Gasteiger partial charge is 0.496 e. The van der Waals surface area contributed by atoms with Crippen LogP contribution in [0.1, 0.15) is 27.8 Å². The van der Waals surface area contributed by atoms with Crippen molar-refractivity contribution in [1.29, 1.82) is 0 Å². The second-order valence-corrected chi connectivity index (χ2v) is 9.70. The molecule has 2 N–H and O–H groups in total. The predicted molar refractivity (Wildman–Crippen MR) is 177 cm³/mol. The summed E-state index contributed by atoms with van der Waals surface area (Å²) in [5.41, 5.74) is 4.54. The number of carbonyl (C=O) groups excluding carboxylic acids is 2. The smallest absolute Gasteiger partial charge is 0.244 e. The van der Waals surface area contributed by atoms with Crippen molar-refractivity contribution in [2.75, 3.05) is 35.5 Å². The molecule has 0 spiro atoms. The van der Waals surface area contributed by atoms with E-state index in [0.717, 1.165) is 39.3 Å². The zero-order chi connectivity index (χ0) is 32.6. The minimum absolute atomic E-state index is 0.207. The molecule has 0 fully saturated rings. The van der Waals surface area contributed by atoms with E-state index in [4.69, 9.17) is 23.7 Å². The maximum absolute atomic E-state index is 12.3. The summed E-state index contributed by atoms with van der Waals surface area (Å²) in [7, 11) is 7.90. The molecule has 3 aromatic carbocycles. The van der Waals surface area contributed by atoms with Crippen LogP contribution in [0.25, 0.3) is 12.2 Å². The summed E-state index contributed by atoms with van der Waals surface area (Å²) in [6.45, 7) is 2.69. The second-order valence-electron chi connectivity index (χ2n) is 9.70. The van der Waals surface area contributed by atoms with Gasteiger partial charge in [-0.2, -0.15) is 0 Å². The number of hydrogen-bond acceptors (Lipinski definition) is 7. The van der Waals surface area contributed by atoms with Gasteiger partial charge in [0.15, 0.2) is 11.5 Å². The number of allylic oxidation sites excluding steroid dienone is 4. The van der Waals surface area contributed by atoms with Crippen molar-refractivity contribution in [3.8, 4) is 28.7 Å². The van der Waals surface area contributed by atoms with Crippen molar-refractivity contribution in [2.24, 2.45) is 0 Å². The maximum Gasteiger partial charge on any atom is 0.244 e. The number of ether oxygens (including phenoxy) is 5. The zero-order valence-corrected chi connectivity index (χ0v) is 26.5. The quantitative estimate of drug-likeness (QED) is 0.165. The van der Waals surface area contributed by atoms with E-state index in [-0.39, 0.29) is 11.8 Å². The van der Waals surface area contributed by atoms with Crippen LogP contribution in [-0.4, -0.2) is 47.4 Å². The SMILES string of the molecule is COc1cc(/C=C/C=C/C(=O)NCc2ccc(CNC(=O)/C=C/C=C/c3cc(OC)c(OC)c(OC)c3)cc2)cc(OC)c1C. The fourth-order valence-corrected chi connectivity index (χ4v) is 4.29. The molecule has 0 aliphatic carbocycles. The lowest BCUT2D eigenvalue weighted by atomic mass is 10.1. The van der Waals surface area contributed by atoms with Gasteiger partial charge in [-0.25, -0.2) is 0 Å². The molecule has 236 valence electrons. The zero-order valence-electron chi connectivity index (χ0n) is 26.5. The molecule has 0 atom stereocenters. The van der Waals surface area contributed by atoms with Gasteiger partial charge in [-0.1, -0.05) is 60.7 Å². The van der Waals surface area contributed by atoms with E-state index in [1.165, 1.54) is 12.2 Å². The van der Waals surface area contributed by atoms with Crippen LogP contribution in [0.4, 0.5) is 0 Å². The van der Waals surface area contributed by atoms with Crippen LogP contribution in [0.15, 0.2) is 85.0 Å². The standard InChI is InChI=1S/C36H40N2O7/c1-25-30(41-2)19-28(20-31(25)42-3)11-7-9-13-34(39)37-23-26-15-17-27(18-16-26)24-38-35(40)14-10-8-12-29-21-32(43-4)36(45-6)33(22-29)44-5/h7-22H,23-24H2,1-6H3,(H,37,39)(H,38,40)/b11-7+,12-8+,13-9+,14-10+. The Morgan fingerprint density at radius 3 is 1.31 bits per heavy atom. The van der Waals surface area contributed by atoms with E-state index in [9.17, 15) is 9.59 Å². The normalized spacial score (nSPS) is 11.3. The average molecular weight is 613 g/mol. The highest BCUT2D eigenvalue weighted by atomic mass is 16.5. The fraction of sp³-hybridized carbons (Fsp3) is 0.222. The van der Waals surface area contributed by atoms with E-state index in [0.29, 0.717) is 30.3 Å². The number of carbonyl (C=O) groups is 2. The lowest BCUT2D eigenvalue weighted by molar-refractivity contribution is -0.117. The molecule has 3 aromatic rings. The van der Waals surface area contributed by atoms with Gasteiger partial charge in [0.1, 0.15) is 11.5 Å². The van der Waals surface area contributed by atoms with Gasteiger partial charge < -0.3 is 34.3 Å². The molecule has 9 heteroatoms. The Kier molecular flexibility index (Phi) is 13.3. The van der Waals surface area contributed by atoms with Crippen LogP contribution in [-0.2, 0) is 22.7 Å². The lowest BCUT2D eigenvalue weighted by Crippen LogP contribution is -2.21. The van der Waals surface area contributed by atoms with Crippen molar-refractivity contribution in [2.45, 2.75) is 20.0 Å². The molecule has 9 nitrogen and oxygen atoms in total. The monoisotopic (exact) mass is 612 g/mol. The van der Waals surface area contributed by atoms with Gasteiger partial charge in [0.2, 0.25) is 17.6 Å². The number of rotatable bonds is 15. The summed E-state index contributed by atoms with van der Waals surface area (Å²) in [4.78, 5) is 24.5. The molecule has 45 heavy (non-hydrogen) atoms. The number of hydrogen-bond donors (Lipinski definition) is 2. The summed E-state index contributed by atoms with van der Waals surface area (Å²) < 4.78 is 26.9. The fourth-order valence-electron chi connectivity index (χ4n) is 4.29. The topological polar surface area (TPSA) is 104 Å². The van der Waals surface area contributed by atoms with Crippen LogP contribution >= 0.6 is 0 Å². The van der Waals surface area contributed by atoms with E-state index < -0.39 is 0 Å². The highest BCUT2D eigenvalue weighted by Crippen LogP contribution is 2.38. The lowest BCUT2D eigenvalue weighted by Gasteiger charge is -2.12. The van der Waals surface area contributed by atoms with Gasteiger partial charge in [-0.3, -0.25) is 9.59 Å².